The molecule has 0 aliphatic carbocycles. The molecule has 0 amide bonds. The van der Waals surface area contributed by atoms with Gasteiger partial charge < -0.3 is 15.3 Å². The molecule has 1 aliphatic heterocycles. The summed E-state index contributed by atoms with van der Waals surface area (Å²) in [5.74, 6) is 1.40. The van der Waals surface area contributed by atoms with Gasteiger partial charge in [0, 0.05) is 25.5 Å². The Labute approximate surface area is 102 Å². The van der Waals surface area contributed by atoms with Crippen LogP contribution in [0.25, 0.3) is 0 Å². The second kappa shape index (κ2) is 6.51. The Morgan fingerprint density at radius 3 is 2.65 bits per heavy atom. The fourth-order valence-corrected chi connectivity index (χ4v) is 2.18. The minimum absolute atomic E-state index is 0.265. The molecule has 0 radical (unpaired) electrons. The van der Waals surface area contributed by atoms with Crippen LogP contribution in [0.5, 0.6) is 0 Å². The summed E-state index contributed by atoms with van der Waals surface area (Å²) in [6.45, 7) is 4.19. The summed E-state index contributed by atoms with van der Waals surface area (Å²) in [6, 6.07) is 1.82. The lowest BCUT2D eigenvalue weighted by Gasteiger charge is -2.31. The molecule has 0 atom stereocenters. The van der Waals surface area contributed by atoms with Crippen molar-refractivity contribution in [3.63, 3.8) is 0 Å². The molecule has 94 valence electrons. The third-order valence-corrected chi connectivity index (χ3v) is 3.24. The summed E-state index contributed by atoms with van der Waals surface area (Å²) in [4.78, 5) is 10.6. The smallest absolute Gasteiger partial charge is 0.222 e. The SMILES string of the molecule is OCCN1CCC(CNc2ncccn2)CC1. The number of anilines is 1. The Morgan fingerprint density at radius 2 is 2.00 bits per heavy atom. The predicted molar refractivity (Wildman–Crippen MR) is 66.8 cm³/mol. The van der Waals surface area contributed by atoms with Crippen LogP contribution in [-0.2, 0) is 0 Å². The number of aliphatic hydroxyl groups is 1. The van der Waals surface area contributed by atoms with Crippen LogP contribution in [0, 0.1) is 5.92 Å². The van der Waals surface area contributed by atoms with Crippen molar-refractivity contribution in [3.05, 3.63) is 18.5 Å². The molecule has 0 spiro atoms. The molecule has 0 aromatic carbocycles. The van der Waals surface area contributed by atoms with E-state index in [1.165, 1.54) is 12.8 Å². The summed E-state index contributed by atoms with van der Waals surface area (Å²) in [5, 5.41) is 12.1. The van der Waals surface area contributed by atoms with Crippen LogP contribution >= 0.6 is 0 Å². The van der Waals surface area contributed by atoms with Crippen LogP contribution in [0.2, 0.25) is 0 Å². The van der Waals surface area contributed by atoms with Gasteiger partial charge in [0.05, 0.1) is 6.61 Å². The Balaban J connectivity index is 1.68. The number of piperidine rings is 1. The van der Waals surface area contributed by atoms with Crippen LogP contribution in [0.3, 0.4) is 0 Å². The van der Waals surface area contributed by atoms with Gasteiger partial charge in [-0.2, -0.15) is 0 Å². The zero-order valence-corrected chi connectivity index (χ0v) is 10.0. The maximum absolute atomic E-state index is 8.87. The summed E-state index contributed by atoms with van der Waals surface area (Å²) in [7, 11) is 0. The van der Waals surface area contributed by atoms with E-state index in [1.54, 1.807) is 12.4 Å². The molecule has 1 aromatic heterocycles. The van der Waals surface area contributed by atoms with Crippen molar-refractivity contribution >= 4 is 5.95 Å². The topological polar surface area (TPSA) is 61.3 Å². The number of nitrogens with zero attached hydrogens (tertiary/aromatic N) is 3. The molecule has 2 heterocycles. The summed E-state index contributed by atoms with van der Waals surface area (Å²) in [5.41, 5.74) is 0. The molecule has 0 unspecified atom stereocenters. The lowest BCUT2D eigenvalue weighted by Crippen LogP contribution is -2.37. The van der Waals surface area contributed by atoms with Gasteiger partial charge in [-0.3, -0.25) is 0 Å². The molecule has 1 saturated heterocycles. The van der Waals surface area contributed by atoms with E-state index in [0.717, 1.165) is 26.2 Å². The molecule has 5 heteroatoms. The molecule has 2 N–H and O–H groups in total. The first-order valence-corrected chi connectivity index (χ1v) is 6.22. The Bertz CT molecular complexity index is 312. The number of aliphatic hydroxyl groups excluding tert-OH is 1. The number of nitrogens with one attached hydrogen (secondary N) is 1. The van der Waals surface area contributed by atoms with Gasteiger partial charge in [-0.05, 0) is 37.9 Å². The minimum atomic E-state index is 0.265. The zero-order valence-electron chi connectivity index (χ0n) is 10.0. The second-order valence-electron chi connectivity index (χ2n) is 4.46. The normalized spacial score (nSPS) is 18.2. The van der Waals surface area contributed by atoms with Crippen molar-refractivity contribution in [2.24, 2.45) is 5.92 Å². The van der Waals surface area contributed by atoms with Crippen molar-refractivity contribution in [1.82, 2.24) is 14.9 Å². The van der Waals surface area contributed by atoms with E-state index in [2.05, 4.69) is 20.2 Å². The Morgan fingerprint density at radius 1 is 1.29 bits per heavy atom. The van der Waals surface area contributed by atoms with Crippen molar-refractivity contribution in [2.45, 2.75) is 12.8 Å². The van der Waals surface area contributed by atoms with E-state index in [0.29, 0.717) is 11.9 Å². The van der Waals surface area contributed by atoms with E-state index >= 15 is 0 Å². The van der Waals surface area contributed by atoms with Crippen molar-refractivity contribution < 1.29 is 5.11 Å². The maximum Gasteiger partial charge on any atom is 0.222 e. The Kier molecular flexibility index (Phi) is 4.70. The molecular weight excluding hydrogens is 216 g/mol. The number of hydrogen-bond donors (Lipinski definition) is 2. The fourth-order valence-electron chi connectivity index (χ4n) is 2.18. The minimum Gasteiger partial charge on any atom is -0.395 e. The van der Waals surface area contributed by atoms with E-state index in [1.807, 2.05) is 6.07 Å². The van der Waals surface area contributed by atoms with Crippen LogP contribution in [0.15, 0.2) is 18.5 Å². The Hall–Kier alpha value is -1.20. The first kappa shape index (κ1) is 12.3. The zero-order chi connectivity index (χ0) is 11.9. The van der Waals surface area contributed by atoms with E-state index in [4.69, 9.17) is 5.11 Å². The van der Waals surface area contributed by atoms with Crippen LogP contribution in [-0.4, -0.2) is 52.8 Å². The highest BCUT2D eigenvalue weighted by Crippen LogP contribution is 2.16. The van der Waals surface area contributed by atoms with Crippen LogP contribution in [0.4, 0.5) is 5.95 Å². The molecule has 1 aliphatic rings. The fraction of sp³-hybridized carbons (Fsp3) is 0.667. The van der Waals surface area contributed by atoms with Crippen LogP contribution in [0.1, 0.15) is 12.8 Å². The van der Waals surface area contributed by atoms with Gasteiger partial charge in [0.25, 0.3) is 0 Å². The number of aromatic nitrogens is 2. The van der Waals surface area contributed by atoms with Gasteiger partial charge >= 0.3 is 0 Å². The summed E-state index contributed by atoms with van der Waals surface area (Å²) >= 11 is 0. The second-order valence-corrected chi connectivity index (χ2v) is 4.46. The standard InChI is InChI=1S/C12H20N4O/c17-9-8-16-6-2-11(3-7-16)10-15-12-13-4-1-5-14-12/h1,4-5,11,17H,2-3,6-10H2,(H,13,14,15). The summed E-state index contributed by atoms with van der Waals surface area (Å²) < 4.78 is 0. The average Bonchev–Trinajstić information content (AvgIpc) is 2.40. The molecule has 1 fully saturated rings. The number of likely N-dealkylation sites (tertiary alicyclic amines) is 1. The van der Waals surface area contributed by atoms with Crippen molar-refractivity contribution in [1.29, 1.82) is 0 Å². The van der Waals surface area contributed by atoms with E-state index in [9.17, 15) is 0 Å². The third-order valence-electron chi connectivity index (χ3n) is 3.24. The van der Waals surface area contributed by atoms with Crippen molar-refractivity contribution in [3.8, 4) is 0 Å². The number of rotatable bonds is 5. The first-order valence-electron chi connectivity index (χ1n) is 6.22. The quantitative estimate of drug-likeness (QED) is 0.783. The molecular formula is C12H20N4O. The van der Waals surface area contributed by atoms with Crippen LogP contribution < -0.4 is 5.32 Å². The molecule has 5 nitrogen and oxygen atoms in total. The third kappa shape index (κ3) is 3.94. The molecule has 2 rings (SSSR count). The van der Waals surface area contributed by atoms with Gasteiger partial charge in [-0.1, -0.05) is 0 Å². The van der Waals surface area contributed by atoms with Gasteiger partial charge in [-0.25, -0.2) is 9.97 Å². The maximum atomic E-state index is 8.87. The van der Waals surface area contributed by atoms with E-state index in [-0.39, 0.29) is 6.61 Å². The monoisotopic (exact) mass is 236 g/mol. The summed E-state index contributed by atoms with van der Waals surface area (Å²) in [6.07, 6.45) is 5.86. The largest absolute Gasteiger partial charge is 0.395 e. The molecule has 17 heavy (non-hydrogen) atoms. The first-order chi connectivity index (χ1) is 8.38. The lowest BCUT2D eigenvalue weighted by molar-refractivity contribution is 0.151. The lowest BCUT2D eigenvalue weighted by atomic mass is 9.97. The van der Waals surface area contributed by atoms with Gasteiger partial charge in [0.1, 0.15) is 0 Å². The highest BCUT2D eigenvalue weighted by molar-refractivity contribution is 5.21. The molecule has 0 saturated carbocycles. The van der Waals surface area contributed by atoms with E-state index < -0.39 is 0 Å². The predicted octanol–water partition coefficient (Wildman–Crippen LogP) is 0.593. The molecule has 1 aromatic rings. The van der Waals surface area contributed by atoms with Crippen molar-refractivity contribution in [2.75, 3.05) is 38.1 Å². The average molecular weight is 236 g/mol. The highest BCUT2D eigenvalue weighted by Gasteiger charge is 2.18. The number of hydrogen-bond acceptors (Lipinski definition) is 5. The number of β-amino-alcohol motifs (C(OH)–C–C–N with tert-alkyl or cyclic N) is 1. The van der Waals surface area contributed by atoms with Gasteiger partial charge in [0.2, 0.25) is 5.95 Å². The van der Waals surface area contributed by atoms with Gasteiger partial charge in [0.15, 0.2) is 0 Å². The van der Waals surface area contributed by atoms with Gasteiger partial charge in [-0.15, -0.1) is 0 Å². The highest BCUT2D eigenvalue weighted by atomic mass is 16.3. The molecule has 0 bridgehead atoms.